The third-order valence-electron chi connectivity index (χ3n) is 3.67. The average molecular weight is 232 g/mol. The van der Waals surface area contributed by atoms with Crippen molar-refractivity contribution in [2.45, 2.75) is 32.7 Å². The standard InChI is InChI=1S/C14H20N2O/c1-9-4-3-5-13(10(9)2)14(17)16-8-11-6-12(15)7-11/h3-5,11-12H,6-8,15H2,1-2H3,(H,16,17). The molecule has 3 N–H and O–H groups in total. The summed E-state index contributed by atoms with van der Waals surface area (Å²) in [7, 11) is 0. The fraction of sp³-hybridized carbons (Fsp3) is 0.500. The van der Waals surface area contributed by atoms with Gasteiger partial charge in [-0.05, 0) is 49.8 Å². The molecular weight excluding hydrogens is 212 g/mol. The number of carbonyl (C=O) groups is 1. The zero-order valence-corrected chi connectivity index (χ0v) is 10.5. The number of aryl methyl sites for hydroxylation is 1. The van der Waals surface area contributed by atoms with Crippen LogP contribution < -0.4 is 11.1 Å². The van der Waals surface area contributed by atoms with E-state index < -0.39 is 0 Å². The maximum Gasteiger partial charge on any atom is 0.251 e. The molecule has 1 aromatic carbocycles. The molecule has 1 aliphatic rings. The Hall–Kier alpha value is -1.35. The van der Waals surface area contributed by atoms with Crippen LogP contribution in [0.25, 0.3) is 0 Å². The highest BCUT2D eigenvalue weighted by Gasteiger charge is 2.26. The molecule has 0 atom stereocenters. The quantitative estimate of drug-likeness (QED) is 0.834. The number of hydrogen-bond acceptors (Lipinski definition) is 2. The van der Waals surface area contributed by atoms with Crippen LogP contribution in [0.15, 0.2) is 18.2 Å². The summed E-state index contributed by atoms with van der Waals surface area (Å²) >= 11 is 0. The molecule has 0 radical (unpaired) electrons. The lowest BCUT2D eigenvalue weighted by molar-refractivity contribution is 0.0934. The predicted molar refractivity (Wildman–Crippen MR) is 68.9 cm³/mol. The molecule has 0 aliphatic heterocycles. The van der Waals surface area contributed by atoms with Crippen LogP contribution in [0.2, 0.25) is 0 Å². The summed E-state index contributed by atoms with van der Waals surface area (Å²) in [5.74, 6) is 0.603. The maximum atomic E-state index is 12.0. The van der Waals surface area contributed by atoms with Crippen LogP contribution in [0.3, 0.4) is 0 Å². The summed E-state index contributed by atoms with van der Waals surface area (Å²) in [6.07, 6.45) is 2.07. The summed E-state index contributed by atoms with van der Waals surface area (Å²) in [5, 5.41) is 3.00. The number of benzene rings is 1. The summed E-state index contributed by atoms with van der Waals surface area (Å²) in [6.45, 7) is 4.76. The smallest absolute Gasteiger partial charge is 0.251 e. The highest BCUT2D eigenvalue weighted by atomic mass is 16.1. The molecule has 0 saturated heterocycles. The van der Waals surface area contributed by atoms with Crippen molar-refractivity contribution in [3.63, 3.8) is 0 Å². The Balaban J connectivity index is 1.93. The second-order valence-electron chi connectivity index (χ2n) is 5.06. The highest BCUT2D eigenvalue weighted by Crippen LogP contribution is 2.24. The fourth-order valence-electron chi connectivity index (χ4n) is 2.28. The Morgan fingerprint density at radius 2 is 2.12 bits per heavy atom. The molecule has 17 heavy (non-hydrogen) atoms. The van der Waals surface area contributed by atoms with E-state index in [9.17, 15) is 4.79 Å². The first-order valence-corrected chi connectivity index (χ1v) is 6.18. The second kappa shape index (κ2) is 4.88. The topological polar surface area (TPSA) is 55.1 Å². The zero-order valence-electron chi connectivity index (χ0n) is 10.5. The van der Waals surface area contributed by atoms with Gasteiger partial charge in [0.25, 0.3) is 5.91 Å². The van der Waals surface area contributed by atoms with Crippen molar-refractivity contribution in [2.24, 2.45) is 11.7 Å². The number of amides is 1. The molecule has 1 fully saturated rings. The van der Waals surface area contributed by atoms with Crippen molar-refractivity contribution in [3.05, 3.63) is 34.9 Å². The lowest BCUT2D eigenvalue weighted by Gasteiger charge is -2.32. The molecule has 0 unspecified atom stereocenters. The minimum atomic E-state index is 0.0340. The first-order valence-electron chi connectivity index (χ1n) is 6.18. The molecule has 3 heteroatoms. The lowest BCUT2D eigenvalue weighted by atomic mass is 9.81. The first-order chi connectivity index (χ1) is 8.08. The van der Waals surface area contributed by atoms with Gasteiger partial charge in [0, 0.05) is 18.2 Å². The maximum absolute atomic E-state index is 12.0. The monoisotopic (exact) mass is 232 g/mol. The Labute approximate surface area is 102 Å². The Morgan fingerprint density at radius 3 is 2.76 bits per heavy atom. The van der Waals surface area contributed by atoms with Crippen LogP contribution in [0.5, 0.6) is 0 Å². The van der Waals surface area contributed by atoms with E-state index >= 15 is 0 Å². The van der Waals surface area contributed by atoms with Crippen molar-refractivity contribution in [1.29, 1.82) is 0 Å². The van der Waals surface area contributed by atoms with Gasteiger partial charge in [-0.25, -0.2) is 0 Å². The summed E-state index contributed by atoms with van der Waals surface area (Å²) in [6, 6.07) is 6.18. The van der Waals surface area contributed by atoms with Crippen LogP contribution in [0.4, 0.5) is 0 Å². The lowest BCUT2D eigenvalue weighted by Crippen LogP contribution is -2.42. The number of hydrogen-bond donors (Lipinski definition) is 2. The highest BCUT2D eigenvalue weighted by molar-refractivity contribution is 5.95. The van der Waals surface area contributed by atoms with Gasteiger partial charge >= 0.3 is 0 Å². The minimum Gasteiger partial charge on any atom is -0.352 e. The largest absolute Gasteiger partial charge is 0.352 e. The van der Waals surface area contributed by atoms with Crippen LogP contribution in [0.1, 0.15) is 34.3 Å². The molecule has 0 spiro atoms. The summed E-state index contributed by atoms with van der Waals surface area (Å²) in [4.78, 5) is 12.0. The van der Waals surface area contributed by atoms with E-state index in [4.69, 9.17) is 5.73 Å². The van der Waals surface area contributed by atoms with Crippen molar-refractivity contribution in [3.8, 4) is 0 Å². The number of nitrogens with two attached hydrogens (primary N) is 1. The first kappa shape index (κ1) is 12.1. The molecular formula is C14H20N2O. The van der Waals surface area contributed by atoms with Gasteiger partial charge in [0.05, 0.1) is 0 Å². The molecule has 1 aliphatic carbocycles. The van der Waals surface area contributed by atoms with E-state index in [2.05, 4.69) is 5.32 Å². The van der Waals surface area contributed by atoms with Gasteiger partial charge in [0.1, 0.15) is 0 Å². The minimum absolute atomic E-state index is 0.0340. The molecule has 3 nitrogen and oxygen atoms in total. The molecule has 0 aromatic heterocycles. The Kier molecular flexibility index (Phi) is 3.48. The zero-order chi connectivity index (χ0) is 12.4. The fourth-order valence-corrected chi connectivity index (χ4v) is 2.28. The average Bonchev–Trinajstić information content (AvgIpc) is 2.26. The van der Waals surface area contributed by atoms with Gasteiger partial charge in [-0.15, -0.1) is 0 Å². The molecule has 1 aromatic rings. The van der Waals surface area contributed by atoms with Gasteiger partial charge in [-0.3, -0.25) is 4.79 Å². The Bertz CT molecular complexity index is 422. The molecule has 1 amide bonds. The van der Waals surface area contributed by atoms with E-state index in [1.54, 1.807) is 0 Å². The summed E-state index contributed by atoms with van der Waals surface area (Å²) < 4.78 is 0. The van der Waals surface area contributed by atoms with Crippen LogP contribution in [0, 0.1) is 19.8 Å². The van der Waals surface area contributed by atoms with Gasteiger partial charge in [0.2, 0.25) is 0 Å². The van der Waals surface area contributed by atoms with E-state index in [1.165, 1.54) is 0 Å². The van der Waals surface area contributed by atoms with Crippen molar-refractivity contribution < 1.29 is 4.79 Å². The van der Waals surface area contributed by atoms with Gasteiger partial charge in [0.15, 0.2) is 0 Å². The van der Waals surface area contributed by atoms with Crippen molar-refractivity contribution >= 4 is 5.91 Å². The van der Waals surface area contributed by atoms with Crippen LogP contribution in [-0.2, 0) is 0 Å². The number of nitrogens with one attached hydrogen (secondary N) is 1. The number of carbonyl (C=O) groups excluding carboxylic acids is 1. The van der Waals surface area contributed by atoms with E-state index in [-0.39, 0.29) is 5.91 Å². The van der Waals surface area contributed by atoms with Crippen molar-refractivity contribution in [2.75, 3.05) is 6.54 Å². The Morgan fingerprint density at radius 1 is 1.41 bits per heavy atom. The van der Waals surface area contributed by atoms with Gasteiger partial charge < -0.3 is 11.1 Å². The van der Waals surface area contributed by atoms with E-state index in [1.807, 2.05) is 32.0 Å². The van der Waals surface area contributed by atoms with Gasteiger partial charge in [-0.2, -0.15) is 0 Å². The van der Waals surface area contributed by atoms with E-state index in [0.29, 0.717) is 12.0 Å². The van der Waals surface area contributed by atoms with Crippen LogP contribution in [-0.4, -0.2) is 18.5 Å². The predicted octanol–water partition coefficient (Wildman–Crippen LogP) is 1.77. The molecule has 1 saturated carbocycles. The van der Waals surface area contributed by atoms with Crippen LogP contribution >= 0.6 is 0 Å². The number of rotatable bonds is 3. The third kappa shape index (κ3) is 2.67. The third-order valence-corrected chi connectivity index (χ3v) is 3.67. The van der Waals surface area contributed by atoms with Crippen molar-refractivity contribution in [1.82, 2.24) is 5.32 Å². The second-order valence-corrected chi connectivity index (χ2v) is 5.06. The summed E-state index contributed by atoms with van der Waals surface area (Å²) in [5.41, 5.74) is 8.72. The molecule has 0 heterocycles. The molecule has 92 valence electrons. The molecule has 2 rings (SSSR count). The molecule has 0 bridgehead atoms. The van der Waals surface area contributed by atoms with E-state index in [0.717, 1.165) is 36.1 Å². The van der Waals surface area contributed by atoms with Gasteiger partial charge in [-0.1, -0.05) is 12.1 Å². The SMILES string of the molecule is Cc1cccc(C(=O)NCC2CC(N)C2)c1C. The normalized spacial score (nSPS) is 23.0.